The fraction of sp³-hybridized carbons (Fsp3) is 0.692. The van der Waals surface area contributed by atoms with Gasteiger partial charge in [0.05, 0.1) is 5.92 Å². The maximum absolute atomic E-state index is 11.2. The summed E-state index contributed by atoms with van der Waals surface area (Å²) in [4.78, 5) is 23.8. The van der Waals surface area contributed by atoms with Gasteiger partial charge in [-0.3, -0.25) is 14.5 Å². The number of hydrogen-bond donors (Lipinski definition) is 2. The first-order chi connectivity index (χ1) is 8.29. The molecule has 0 radical (unpaired) electrons. The van der Waals surface area contributed by atoms with Crippen molar-refractivity contribution in [3.63, 3.8) is 0 Å². The lowest BCUT2D eigenvalue weighted by Gasteiger charge is -2.30. The Morgan fingerprint density at radius 1 is 1.28 bits per heavy atom. The summed E-state index contributed by atoms with van der Waals surface area (Å²) in [6.07, 6.45) is 1.25. The molecule has 0 rings (SSSR count). The molecule has 0 saturated carbocycles. The fourth-order valence-electron chi connectivity index (χ4n) is 1.81. The Balaban J connectivity index is 4.87. The zero-order valence-electron chi connectivity index (χ0n) is 11.3. The minimum Gasteiger partial charge on any atom is -0.481 e. The SMILES string of the molecule is C=C(C)CN(CC(C)C(=O)O)C(CCC)C(=O)O. The van der Waals surface area contributed by atoms with E-state index in [0.29, 0.717) is 13.0 Å². The van der Waals surface area contributed by atoms with Gasteiger partial charge < -0.3 is 10.2 Å². The number of carbonyl (C=O) groups is 2. The molecule has 2 atom stereocenters. The van der Waals surface area contributed by atoms with Crippen molar-refractivity contribution in [1.82, 2.24) is 4.90 Å². The third-order valence-corrected chi connectivity index (χ3v) is 2.69. The van der Waals surface area contributed by atoms with Crippen LogP contribution in [0.4, 0.5) is 0 Å². The topological polar surface area (TPSA) is 77.8 Å². The van der Waals surface area contributed by atoms with Crippen LogP contribution in [0.2, 0.25) is 0 Å². The first-order valence-corrected chi connectivity index (χ1v) is 6.13. The van der Waals surface area contributed by atoms with Gasteiger partial charge in [-0.15, -0.1) is 0 Å². The molecule has 0 aromatic rings. The summed E-state index contributed by atoms with van der Waals surface area (Å²) in [7, 11) is 0. The molecule has 5 nitrogen and oxygen atoms in total. The lowest BCUT2D eigenvalue weighted by Crippen LogP contribution is -2.45. The summed E-state index contributed by atoms with van der Waals surface area (Å²) in [5.74, 6) is -2.42. The second kappa shape index (κ2) is 7.87. The zero-order valence-corrected chi connectivity index (χ0v) is 11.3. The summed E-state index contributed by atoms with van der Waals surface area (Å²) in [5, 5.41) is 18.1. The van der Waals surface area contributed by atoms with Crippen LogP contribution in [0.1, 0.15) is 33.6 Å². The van der Waals surface area contributed by atoms with E-state index in [1.165, 1.54) is 0 Å². The van der Waals surface area contributed by atoms with Gasteiger partial charge in [-0.2, -0.15) is 0 Å². The standard InChI is InChI=1S/C13H23NO4/c1-5-6-11(13(17)18)14(7-9(2)3)8-10(4)12(15)16/h10-11H,2,5-8H2,1,3-4H3,(H,15,16)(H,17,18). The van der Waals surface area contributed by atoms with Crippen LogP contribution in [0.3, 0.4) is 0 Å². The molecule has 2 N–H and O–H groups in total. The zero-order chi connectivity index (χ0) is 14.3. The molecule has 0 amide bonds. The molecule has 5 heteroatoms. The Bertz CT molecular complexity index is 314. The van der Waals surface area contributed by atoms with Gasteiger partial charge in [0.15, 0.2) is 0 Å². The van der Waals surface area contributed by atoms with E-state index in [4.69, 9.17) is 5.11 Å². The van der Waals surface area contributed by atoms with Gasteiger partial charge in [0.2, 0.25) is 0 Å². The molecule has 0 aromatic heterocycles. The Labute approximate surface area is 108 Å². The average molecular weight is 257 g/mol. The smallest absolute Gasteiger partial charge is 0.320 e. The van der Waals surface area contributed by atoms with Gasteiger partial charge in [0, 0.05) is 13.1 Å². The van der Waals surface area contributed by atoms with E-state index >= 15 is 0 Å². The van der Waals surface area contributed by atoms with Crippen LogP contribution < -0.4 is 0 Å². The molecule has 104 valence electrons. The van der Waals surface area contributed by atoms with Crippen molar-refractivity contribution in [3.8, 4) is 0 Å². The predicted molar refractivity (Wildman–Crippen MR) is 69.5 cm³/mol. The molecule has 0 aliphatic carbocycles. The largest absolute Gasteiger partial charge is 0.481 e. The Hall–Kier alpha value is -1.36. The number of hydrogen-bond acceptors (Lipinski definition) is 3. The van der Waals surface area contributed by atoms with E-state index in [0.717, 1.165) is 12.0 Å². The molecule has 0 aliphatic rings. The second-order valence-electron chi connectivity index (χ2n) is 4.77. The summed E-state index contributed by atoms with van der Waals surface area (Å²) < 4.78 is 0. The number of carboxylic acid groups (broad SMARTS) is 2. The van der Waals surface area contributed by atoms with Crippen molar-refractivity contribution in [1.29, 1.82) is 0 Å². The monoisotopic (exact) mass is 257 g/mol. The molecule has 2 unspecified atom stereocenters. The molecule has 0 fully saturated rings. The predicted octanol–water partition coefficient (Wildman–Crippen LogP) is 1.84. The van der Waals surface area contributed by atoms with Gasteiger partial charge in [0.25, 0.3) is 0 Å². The van der Waals surface area contributed by atoms with Gasteiger partial charge >= 0.3 is 11.9 Å². The summed E-state index contributed by atoms with van der Waals surface area (Å²) in [5.41, 5.74) is 0.829. The Morgan fingerprint density at radius 2 is 1.83 bits per heavy atom. The normalized spacial score (nSPS) is 14.2. The first-order valence-electron chi connectivity index (χ1n) is 6.13. The molecule has 0 aromatic carbocycles. The highest BCUT2D eigenvalue weighted by Gasteiger charge is 2.27. The molecule has 0 bridgehead atoms. The summed E-state index contributed by atoms with van der Waals surface area (Å²) >= 11 is 0. The van der Waals surface area contributed by atoms with Crippen LogP contribution in [0, 0.1) is 5.92 Å². The maximum atomic E-state index is 11.2. The highest BCUT2D eigenvalue weighted by molar-refractivity contribution is 5.74. The molecule has 0 aliphatic heterocycles. The minimum atomic E-state index is -0.914. The molecule has 18 heavy (non-hydrogen) atoms. The van der Waals surface area contributed by atoms with Gasteiger partial charge in [0.1, 0.15) is 6.04 Å². The van der Waals surface area contributed by atoms with Gasteiger partial charge in [-0.25, -0.2) is 0 Å². The van der Waals surface area contributed by atoms with Crippen molar-refractivity contribution in [3.05, 3.63) is 12.2 Å². The van der Waals surface area contributed by atoms with Crippen molar-refractivity contribution in [2.24, 2.45) is 5.92 Å². The lowest BCUT2D eigenvalue weighted by molar-refractivity contribution is -0.147. The van der Waals surface area contributed by atoms with Gasteiger partial charge in [-0.1, -0.05) is 32.4 Å². The lowest BCUT2D eigenvalue weighted by atomic mass is 10.1. The third kappa shape index (κ3) is 5.82. The van der Waals surface area contributed by atoms with E-state index in [1.807, 2.05) is 13.8 Å². The Kier molecular flexibility index (Phi) is 7.27. The quantitative estimate of drug-likeness (QED) is 0.616. The van der Waals surface area contributed by atoms with Crippen molar-refractivity contribution in [2.75, 3.05) is 13.1 Å². The number of nitrogens with zero attached hydrogens (tertiary/aromatic N) is 1. The molecule has 0 spiro atoms. The van der Waals surface area contributed by atoms with Crippen LogP contribution in [0.25, 0.3) is 0 Å². The fourth-order valence-corrected chi connectivity index (χ4v) is 1.81. The average Bonchev–Trinajstić information content (AvgIpc) is 2.23. The highest BCUT2D eigenvalue weighted by Crippen LogP contribution is 2.13. The summed E-state index contributed by atoms with van der Waals surface area (Å²) in [6, 6.07) is -0.645. The number of carboxylic acids is 2. The molecular formula is C13H23NO4. The third-order valence-electron chi connectivity index (χ3n) is 2.69. The van der Waals surface area contributed by atoms with Crippen LogP contribution in [-0.4, -0.2) is 46.2 Å². The molecule has 0 heterocycles. The van der Waals surface area contributed by atoms with Gasteiger partial charge in [-0.05, 0) is 13.3 Å². The van der Waals surface area contributed by atoms with Crippen molar-refractivity contribution < 1.29 is 19.8 Å². The number of rotatable bonds is 9. The van der Waals surface area contributed by atoms with E-state index in [1.54, 1.807) is 11.8 Å². The van der Waals surface area contributed by atoms with Crippen LogP contribution in [0.5, 0.6) is 0 Å². The van der Waals surface area contributed by atoms with Crippen molar-refractivity contribution in [2.45, 2.75) is 39.7 Å². The van der Waals surface area contributed by atoms with E-state index in [-0.39, 0.29) is 6.54 Å². The van der Waals surface area contributed by atoms with Crippen LogP contribution in [0.15, 0.2) is 12.2 Å². The second-order valence-corrected chi connectivity index (χ2v) is 4.77. The minimum absolute atomic E-state index is 0.221. The van der Waals surface area contributed by atoms with Crippen LogP contribution >= 0.6 is 0 Å². The summed E-state index contributed by atoms with van der Waals surface area (Å²) in [6.45, 7) is 9.70. The maximum Gasteiger partial charge on any atom is 0.320 e. The number of aliphatic carboxylic acids is 2. The van der Waals surface area contributed by atoms with E-state index in [9.17, 15) is 14.7 Å². The molecular weight excluding hydrogens is 234 g/mol. The van der Waals surface area contributed by atoms with Crippen molar-refractivity contribution >= 4 is 11.9 Å². The molecule has 0 saturated heterocycles. The Morgan fingerprint density at radius 3 is 2.17 bits per heavy atom. The van der Waals surface area contributed by atoms with E-state index in [2.05, 4.69) is 6.58 Å². The first kappa shape index (κ1) is 16.6. The van der Waals surface area contributed by atoms with E-state index < -0.39 is 23.9 Å². The van der Waals surface area contributed by atoms with Crippen LogP contribution in [-0.2, 0) is 9.59 Å². The highest BCUT2D eigenvalue weighted by atomic mass is 16.4.